The normalized spacial score (nSPS) is 16.5. The van der Waals surface area contributed by atoms with Crippen LogP contribution in [0.5, 0.6) is 0 Å². The highest BCUT2D eigenvalue weighted by Gasteiger charge is 2.19. The van der Waals surface area contributed by atoms with Crippen LogP contribution in [-0.4, -0.2) is 24.1 Å². The maximum Gasteiger partial charge on any atom is 0.0172 e. The van der Waals surface area contributed by atoms with Gasteiger partial charge in [-0.05, 0) is 24.5 Å². The minimum Gasteiger partial charge on any atom is -0.310 e. The molecule has 1 nitrogen and oxygen atoms in total. The van der Waals surface area contributed by atoms with Crippen LogP contribution in [0.4, 0.5) is 0 Å². The molecule has 0 amide bonds. The van der Waals surface area contributed by atoms with Crippen molar-refractivity contribution in [3.8, 4) is 0 Å². The van der Waals surface area contributed by atoms with E-state index in [4.69, 9.17) is 0 Å². The molecule has 1 fully saturated rings. The molecule has 0 aromatic heterocycles. The molecule has 0 aromatic rings. The van der Waals surface area contributed by atoms with Gasteiger partial charge in [0.05, 0.1) is 0 Å². The SMILES string of the molecule is C=C(CNC1CC1)CSCC(C)C. The van der Waals surface area contributed by atoms with Gasteiger partial charge in [0.1, 0.15) is 0 Å². The van der Waals surface area contributed by atoms with Gasteiger partial charge >= 0.3 is 0 Å². The molecule has 2 heteroatoms. The third kappa shape index (κ3) is 6.17. The molecular formula is C11H21NS. The molecule has 0 saturated heterocycles. The Morgan fingerprint density at radius 3 is 2.77 bits per heavy atom. The molecule has 0 aromatic carbocycles. The van der Waals surface area contributed by atoms with Gasteiger partial charge in [0.2, 0.25) is 0 Å². The van der Waals surface area contributed by atoms with Gasteiger partial charge in [0, 0.05) is 18.3 Å². The zero-order valence-corrected chi connectivity index (χ0v) is 9.62. The third-order valence-corrected chi connectivity index (χ3v) is 3.49. The zero-order valence-electron chi connectivity index (χ0n) is 8.81. The van der Waals surface area contributed by atoms with E-state index in [-0.39, 0.29) is 0 Å². The fourth-order valence-corrected chi connectivity index (χ4v) is 2.05. The summed E-state index contributed by atoms with van der Waals surface area (Å²) in [6.45, 7) is 9.62. The molecule has 1 aliphatic carbocycles. The number of hydrogen-bond acceptors (Lipinski definition) is 2. The van der Waals surface area contributed by atoms with Crippen LogP contribution in [0.25, 0.3) is 0 Å². The highest BCUT2D eigenvalue weighted by molar-refractivity contribution is 7.99. The molecule has 13 heavy (non-hydrogen) atoms. The molecule has 0 radical (unpaired) electrons. The summed E-state index contributed by atoms with van der Waals surface area (Å²) in [4.78, 5) is 0. The van der Waals surface area contributed by atoms with Gasteiger partial charge in [-0.25, -0.2) is 0 Å². The van der Waals surface area contributed by atoms with Crippen molar-refractivity contribution in [3.63, 3.8) is 0 Å². The lowest BCUT2D eigenvalue weighted by Crippen LogP contribution is -2.19. The Hall–Kier alpha value is 0.0500. The first kappa shape index (κ1) is 11.1. The second-order valence-corrected chi connectivity index (χ2v) is 5.34. The molecule has 0 bridgehead atoms. The molecule has 0 aliphatic heterocycles. The minimum absolute atomic E-state index is 0.800. The average Bonchev–Trinajstić information content (AvgIpc) is 2.83. The summed E-state index contributed by atoms with van der Waals surface area (Å²) in [5.74, 6) is 3.18. The Morgan fingerprint density at radius 2 is 2.23 bits per heavy atom. The molecule has 0 unspecified atom stereocenters. The van der Waals surface area contributed by atoms with E-state index in [9.17, 15) is 0 Å². The summed E-state index contributed by atoms with van der Waals surface area (Å²) in [5, 5.41) is 3.48. The molecule has 0 spiro atoms. The molecule has 1 N–H and O–H groups in total. The lowest BCUT2D eigenvalue weighted by atomic mass is 10.3. The molecule has 1 saturated carbocycles. The van der Waals surface area contributed by atoms with Gasteiger partial charge in [-0.1, -0.05) is 26.0 Å². The van der Waals surface area contributed by atoms with Crippen molar-refractivity contribution in [1.29, 1.82) is 0 Å². The Balaban J connectivity index is 1.90. The maximum atomic E-state index is 4.07. The Labute approximate surface area is 86.4 Å². The quantitative estimate of drug-likeness (QED) is 0.633. The first-order valence-electron chi connectivity index (χ1n) is 5.16. The Morgan fingerprint density at radius 1 is 1.54 bits per heavy atom. The molecular weight excluding hydrogens is 178 g/mol. The minimum atomic E-state index is 0.800. The predicted octanol–water partition coefficient (Wildman–Crippen LogP) is 2.68. The van der Waals surface area contributed by atoms with E-state index in [0.717, 1.165) is 24.3 Å². The fraction of sp³-hybridized carbons (Fsp3) is 0.818. The summed E-state index contributed by atoms with van der Waals surface area (Å²) in [6, 6.07) is 0.812. The molecule has 0 atom stereocenters. The first-order chi connectivity index (χ1) is 6.18. The third-order valence-electron chi connectivity index (χ3n) is 1.98. The van der Waals surface area contributed by atoms with E-state index in [1.54, 1.807) is 0 Å². The topological polar surface area (TPSA) is 12.0 Å². The second kappa shape index (κ2) is 5.71. The summed E-state index contributed by atoms with van der Waals surface area (Å²) in [6.07, 6.45) is 2.73. The lowest BCUT2D eigenvalue weighted by molar-refractivity contribution is 0.734. The van der Waals surface area contributed by atoms with Crippen LogP contribution in [0, 0.1) is 5.92 Å². The van der Waals surface area contributed by atoms with Crippen LogP contribution in [0.2, 0.25) is 0 Å². The van der Waals surface area contributed by atoms with Crippen molar-refractivity contribution >= 4 is 11.8 Å². The van der Waals surface area contributed by atoms with E-state index in [2.05, 4.69) is 25.7 Å². The largest absolute Gasteiger partial charge is 0.310 e. The van der Waals surface area contributed by atoms with Crippen LogP contribution in [0.1, 0.15) is 26.7 Å². The monoisotopic (exact) mass is 199 g/mol. The summed E-state index contributed by atoms with van der Waals surface area (Å²) < 4.78 is 0. The van der Waals surface area contributed by atoms with Gasteiger partial charge in [-0.15, -0.1) is 0 Å². The van der Waals surface area contributed by atoms with Crippen LogP contribution in [0.3, 0.4) is 0 Å². The van der Waals surface area contributed by atoms with E-state index in [0.29, 0.717) is 0 Å². The van der Waals surface area contributed by atoms with Gasteiger partial charge in [0.25, 0.3) is 0 Å². The maximum absolute atomic E-state index is 4.07. The standard InChI is InChI=1S/C11H21NS/c1-9(2)7-13-8-10(3)6-12-11-4-5-11/h9,11-12H,3-8H2,1-2H3. The first-order valence-corrected chi connectivity index (χ1v) is 6.31. The van der Waals surface area contributed by atoms with Crippen molar-refractivity contribution in [1.82, 2.24) is 5.32 Å². The molecule has 76 valence electrons. The fourth-order valence-electron chi connectivity index (χ4n) is 1.07. The highest BCUT2D eigenvalue weighted by atomic mass is 32.2. The highest BCUT2D eigenvalue weighted by Crippen LogP contribution is 2.19. The van der Waals surface area contributed by atoms with E-state index in [1.807, 2.05) is 11.8 Å². The van der Waals surface area contributed by atoms with Gasteiger partial charge in [-0.2, -0.15) is 11.8 Å². The molecule has 0 heterocycles. The van der Waals surface area contributed by atoms with Crippen molar-refractivity contribution in [2.45, 2.75) is 32.7 Å². The number of nitrogens with one attached hydrogen (secondary N) is 1. The Kier molecular flexibility index (Phi) is 4.89. The predicted molar refractivity (Wildman–Crippen MR) is 62.3 cm³/mol. The second-order valence-electron chi connectivity index (χ2n) is 4.31. The van der Waals surface area contributed by atoms with Crippen molar-refractivity contribution in [2.75, 3.05) is 18.1 Å². The van der Waals surface area contributed by atoms with E-state index < -0.39 is 0 Å². The van der Waals surface area contributed by atoms with Crippen LogP contribution >= 0.6 is 11.8 Å². The summed E-state index contributed by atoms with van der Waals surface area (Å²) in [7, 11) is 0. The summed E-state index contributed by atoms with van der Waals surface area (Å²) in [5.41, 5.74) is 1.34. The van der Waals surface area contributed by atoms with Crippen LogP contribution in [-0.2, 0) is 0 Å². The molecule has 1 rings (SSSR count). The van der Waals surface area contributed by atoms with Crippen LogP contribution < -0.4 is 5.32 Å². The summed E-state index contributed by atoms with van der Waals surface area (Å²) >= 11 is 2.00. The van der Waals surface area contributed by atoms with Crippen molar-refractivity contribution in [2.24, 2.45) is 5.92 Å². The van der Waals surface area contributed by atoms with Crippen LogP contribution in [0.15, 0.2) is 12.2 Å². The van der Waals surface area contributed by atoms with Crippen molar-refractivity contribution in [3.05, 3.63) is 12.2 Å². The smallest absolute Gasteiger partial charge is 0.0172 e. The number of rotatable bonds is 7. The number of hydrogen-bond donors (Lipinski definition) is 1. The average molecular weight is 199 g/mol. The zero-order chi connectivity index (χ0) is 9.68. The lowest BCUT2D eigenvalue weighted by Gasteiger charge is -2.07. The van der Waals surface area contributed by atoms with Crippen molar-refractivity contribution < 1.29 is 0 Å². The van der Waals surface area contributed by atoms with Gasteiger partial charge in [0.15, 0.2) is 0 Å². The van der Waals surface area contributed by atoms with Gasteiger partial charge < -0.3 is 5.32 Å². The van der Waals surface area contributed by atoms with E-state index >= 15 is 0 Å². The van der Waals surface area contributed by atoms with E-state index in [1.165, 1.54) is 24.2 Å². The molecule has 1 aliphatic rings. The Bertz CT molecular complexity index is 161. The van der Waals surface area contributed by atoms with Gasteiger partial charge in [-0.3, -0.25) is 0 Å². The number of thioether (sulfide) groups is 1.